The summed E-state index contributed by atoms with van der Waals surface area (Å²) in [6, 6.07) is 14.9. The summed E-state index contributed by atoms with van der Waals surface area (Å²) >= 11 is 3.45. The fourth-order valence-electron chi connectivity index (χ4n) is 1.86. The van der Waals surface area contributed by atoms with Gasteiger partial charge in [-0.05, 0) is 42.8 Å². The Morgan fingerprint density at radius 2 is 1.81 bits per heavy atom. The van der Waals surface area contributed by atoms with Gasteiger partial charge in [-0.25, -0.2) is 0 Å². The van der Waals surface area contributed by atoms with Crippen LogP contribution in [0.15, 0.2) is 53.0 Å². The van der Waals surface area contributed by atoms with Crippen molar-refractivity contribution in [3.05, 3.63) is 64.1 Å². The summed E-state index contributed by atoms with van der Waals surface area (Å²) in [5, 5.41) is 0. The van der Waals surface area contributed by atoms with Crippen molar-refractivity contribution >= 4 is 21.7 Å². The molecule has 0 spiro atoms. The van der Waals surface area contributed by atoms with Gasteiger partial charge in [-0.15, -0.1) is 0 Å². The first-order valence-corrected chi connectivity index (χ1v) is 7.57. The SMILES string of the molecule is CCOc1ccc(C(=O)COCc2ccccc2Br)cc1. The highest BCUT2D eigenvalue weighted by Crippen LogP contribution is 2.17. The van der Waals surface area contributed by atoms with E-state index in [1.54, 1.807) is 24.3 Å². The Morgan fingerprint density at radius 3 is 2.48 bits per heavy atom. The summed E-state index contributed by atoms with van der Waals surface area (Å²) in [5.74, 6) is 0.730. The van der Waals surface area contributed by atoms with E-state index < -0.39 is 0 Å². The largest absolute Gasteiger partial charge is 0.494 e. The van der Waals surface area contributed by atoms with E-state index in [0.29, 0.717) is 18.8 Å². The highest BCUT2D eigenvalue weighted by molar-refractivity contribution is 9.10. The third-order valence-electron chi connectivity index (χ3n) is 2.94. The van der Waals surface area contributed by atoms with Gasteiger partial charge in [0, 0.05) is 10.0 Å². The molecule has 0 N–H and O–H groups in total. The molecule has 0 unspecified atom stereocenters. The van der Waals surface area contributed by atoms with Gasteiger partial charge in [0.25, 0.3) is 0 Å². The molecule has 0 saturated heterocycles. The summed E-state index contributed by atoms with van der Waals surface area (Å²) in [5.41, 5.74) is 1.66. The van der Waals surface area contributed by atoms with Crippen molar-refractivity contribution in [3.63, 3.8) is 0 Å². The Kier molecular flexibility index (Phi) is 5.96. The van der Waals surface area contributed by atoms with Crippen molar-refractivity contribution in [1.82, 2.24) is 0 Å². The molecule has 0 aliphatic rings. The van der Waals surface area contributed by atoms with Crippen molar-refractivity contribution in [3.8, 4) is 5.75 Å². The molecule has 2 rings (SSSR count). The molecule has 0 aromatic heterocycles. The van der Waals surface area contributed by atoms with Crippen LogP contribution in [0, 0.1) is 0 Å². The number of ether oxygens (including phenoxy) is 2. The van der Waals surface area contributed by atoms with Gasteiger partial charge >= 0.3 is 0 Å². The van der Waals surface area contributed by atoms with Gasteiger partial charge in [0.15, 0.2) is 5.78 Å². The van der Waals surface area contributed by atoms with Crippen LogP contribution >= 0.6 is 15.9 Å². The van der Waals surface area contributed by atoms with E-state index in [4.69, 9.17) is 9.47 Å². The fourth-order valence-corrected chi connectivity index (χ4v) is 2.26. The number of Topliss-reactive ketones (excluding diaryl/α,β-unsaturated/α-hetero) is 1. The van der Waals surface area contributed by atoms with Crippen LogP contribution in [0.1, 0.15) is 22.8 Å². The summed E-state index contributed by atoms with van der Waals surface area (Å²) in [6.07, 6.45) is 0. The van der Waals surface area contributed by atoms with E-state index in [9.17, 15) is 4.79 Å². The molecule has 4 heteroatoms. The van der Waals surface area contributed by atoms with Crippen molar-refractivity contribution in [1.29, 1.82) is 0 Å². The number of rotatable bonds is 7. The van der Waals surface area contributed by atoms with Crippen LogP contribution in [0.5, 0.6) is 5.75 Å². The lowest BCUT2D eigenvalue weighted by atomic mass is 10.1. The standard InChI is InChI=1S/C17H17BrO3/c1-2-21-15-9-7-13(8-10-15)17(19)12-20-11-14-5-3-4-6-16(14)18/h3-10H,2,11-12H2,1H3. The molecule has 110 valence electrons. The summed E-state index contributed by atoms with van der Waals surface area (Å²) in [6.45, 7) is 3.01. The molecule has 0 aliphatic heterocycles. The molecule has 0 fully saturated rings. The summed E-state index contributed by atoms with van der Waals surface area (Å²) in [4.78, 5) is 12.0. The molecule has 0 amide bonds. The van der Waals surface area contributed by atoms with Crippen LogP contribution in [0.2, 0.25) is 0 Å². The second-order valence-corrected chi connectivity index (χ2v) is 5.32. The first kappa shape index (κ1) is 15.7. The van der Waals surface area contributed by atoms with Crippen LogP contribution < -0.4 is 4.74 Å². The minimum absolute atomic E-state index is 0.0369. The number of carbonyl (C=O) groups excluding carboxylic acids is 1. The molecule has 2 aromatic carbocycles. The first-order chi connectivity index (χ1) is 10.2. The minimum Gasteiger partial charge on any atom is -0.494 e. The Bertz CT molecular complexity index is 593. The van der Waals surface area contributed by atoms with Crippen LogP contribution in [-0.4, -0.2) is 19.0 Å². The van der Waals surface area contributed by atoms with Gasteiger partial charge in [-0.3, -0.25) is 4.79 Å². The molecular formula is C17H17BrO3. The Hall–Kier alpha value is -1.65. The Labute approximate surface area is 133 Å². The van der Waals surface area contributed by atoms with Crippen molar-refractivity contribution in [2.24, 2.45) is 0 Å². The van der Waals surface area contributed by atoms with Gasteiger partial charge in [0.05, 0.1) is 13.2 Å². The lowest BCUT2D eigenvalue weighted by Gasteiger charge is -2.07. The van der Waals surface area contributed by atoms with E-state index in [1.165, 1.54) is 0 Å². The average Bonchev–Trinajstić information content (AvgIpc) is 2.50. The zero-order valence-electron chi connectivity index (χ0n) is 11.8. The van der Waals surface area contributed by atoms with E-state index in [2.05, 4.69) is 15.9 Å². The fraction of sp³-hybridized carbons (Fsp3) is 0.235. The van der Waals surface area contributed by atoms with Crippen LogP contribution in [-0.2, 0) is 11.3 Å². The van der Waals surface area contributed by atoms with E-state index in [1.807, 2.05) is 31.2 Å². The van der Waals surface area contributed by atoms with Crippen molar-refractivity contribution < 1.29 is 14.3 Å². The zero-order chi connectivity index (χ0) is 15.1. The van der Waals surface area contributed by atoms with Gasteiger partial charge in [0.2, 0.25) is 0 Å². The molecule has 0 radical (unpaired) electrons. The number of ketones is 1. The van der Waals surface area contributed by atoms with E-state index in [0.717, 1.165) is 15.8 Å². The molecule has 0 heterocycles. The number of carbonyl (C=O) groups is 1. The normalized spacial score (nSPS) is 10.4. The number of hydrogen-bond donors (Lipinski definition) is 0. The minimum atomic E-state index is -0.0369. The third kappa shape index (κ3) is 4.69. The molecule has 21 heavy (non-hydrogen) atoms. The quantitative estimate of drug-likeness (QED) is 0.701. The second kappa shape index (κ2) is 7.96. The molecule has 0 saturated carbocycles. The monoisotopic (exact) mass is 348 g/mol. The average molecular weight is 349 g/mol. The van der Waals surface area contributed by atoms with Gasteiger partial charge in [-0.2, -0.15) is 0 Å². The lowest BCUT2D eigenvalue weighted by Crippen LogP contribution is -2.09. The molecule has 0 bridgehead atoms. The number of benzene rings is 2. The zero-order valence-corrected chi connectivity index (χ0v) is 13.4. The molecule has 2 aromatic rings. The van der Waals surface area contributed by atoms with Crippen LogP contribution in [0.25, 0.3) is 0 Å². The first-order valence-electron chi connectivity index (χ1n) is 6.78. The second-order valence-electron chi connectivity index (χ2n) is 4.46. The lowest BCUT2D eigenvalue weighted by molar-refractivity contribution is 0.0725. The maximum Gasteiger partial charge on any atom is 0.188 e. The summed E-state index contributed by atoms with van der Waals surface area (Å²) in [7, 11) is 0. The predicted molar refractivity (Wildman–Crippen MR) is 85.7 cm³/mol. The van der Waals surface area contributed by atoms with Gasteiger partial charge in [0.1, 0.15) is 12.4 Å². The van der Waals surface area contributed by atoms with Crippen LogP contribution in [0.3, 0.4) is 0 Å². The molecule has 0 aliphatic carbocycles. The predicted octanol–water partition coefficient (Wildman–Crippen LogP) is 4.25. The van der Waals surface area contributed by atoms with Crippen molar-refractivity contribution in [2.75, 3.05) is 13.2 Å². The summed E-state index contributed by atoms with van der Waals surface area (Å²) < 4.78 is 11.8. The molecule has 3 nitrogen and oxygen atoms in total. The maximum atomic E-state index is 12.0. The molecular weight excluding hydrogens is 332 g/mol. The van der Waals surface area contributed by atoms with Gasteiger partial charge in [-0.1, -0.05) is 34.1 Å². The van der Waals surface area contributed by atoms with Crippen LogP contribution in [0.4, 0.5) is 0 Å². The van der Waals surface area contributed by atoms with E-state index >= 15 is 0 Å². The number of halogens is 1. The maximum absolute atomic E-state index is 12.0. The molecule has 0 atom stereocenters. The Balaban J connectivity index is 1.85. The smallest absolute Gasteiger partial charge is 0.188 e. The number of hydrogen-bond acceptors (Lipinski definition) is 3. The highest BCUT2D eigenvalue weighted by Gasteiger charge is 2.07. The van der Waals surface area contributed by atoms with Gasteiger partial charge < -0.3 is 9.47 Å². The third-order valence-corrected chi connectivity index (χ3v) is 3.71. The topological polar surface area (TPSA) is 35.5 Å². The van der Waals surface area contributed by atoms with Crippen molar-refractivity contribution in [2.45, 2.75) is 13.5 Å². The van der Waals surface area contributed by atoms with E-state index in [-0.39, 0.29) is 12.4 Å². The Morgan fingerprint density at radius 1 is 1.10 bits per heavy atom. The highest BCUT2D eigenvalue weighted by atomic mass is 79.9.